The predicted octanol–water partition coefficient (Wildman–Crippen LogP) is 0.349. The summed E-state index contributed by atoms with van der Waals surface area (Å²) in [6, 6.07) is -0.0903. The molecule has 0 spiro atoms. The Hall–Kier alpha value is -0.630. The van der Waals surface area contributed by atoms with E-state index in [1.807, 2.05) is 0 Å². The van der Waals surface area contributed by atoms with Gasteiger partial charge in [0.25, 0.3) is 0 Å². The average Bonchev–Trinajstić information content (AvgIpc) is 1.84. The van der Waals surface area contributed by atoms with Crippen LogP contribution in [-0.4, -0.2) is 18.9 Å². The van der Waals surface area contributed by atoms with Gasteiger partial charge in [-0.15, -0.1) is 0 Å². The molecule has 0 aromatic heterocycles. The SMILES string of the molecule is C=CC(=O)C(C)NC. The monoisotopic (exact) mass is 113 g/mol. The van der Waals surface area contributed by atoms with Gasteiger partial charge in [-0.2, -0.15) is 0 Å². The van der Waals surface area contributed by atoms with Gasteiger partial charge in [0.15, 0.2) is 5.78 Å². The van der Waals surface area contributed by atoms with E-state index in [2.05, 4.69) is 11.9 Å². The molecule has 0 rings (SSSR count). The van der Waals surface area contributed by atoms with E-state index < -0.39 is 0 Å². The minimum absolute atomic E-state index is 0.0347. The van der Waals surface area contributed by atoms with Crippen molar-refractivity contribution in [1.29, 1.82) is 0 Å². The zero-order chi connectivity index (χ0) is 6.57. The minimum Gasteiger partial charge on any atom is -0.310 e. The third-order valence-electron chi connectivity index (χ3n) is 1.06. The van der Waals surface area contributed by atoms with Crippen LogP contribution in [0.1, 0.15) is 6.92 Å². The molecule has 8 heavy (non-hydrogen) atoms. The molecule has 0 fully saturated rings. The molecule has 0 aliphatic heterocycles. The molecule has 0 amide bonds. The molecular formula is C6H11NO. The molecule has 46 valence electrons. The molecule has 1 unspecified atom stereocenters. The van der Waals surface area contributed by atoms with Crippen molar-refractivity contribution in [3.63, 3.8) is 0 Å². The van der Waals surface area contributed by atoms with Crippen molar-refractivity contribution in [2.75, 3.05) is 7.05 Å². The van der Waals surface area contributed by atoms with Crippen molar-refractivity contribution in [1.82, 2.24) is 5.32 Å². The second kappa shape index (κ2) is 3.38. The second-order valence-corrected chi connectivity index (χ2v) is 1.62. The van der Waals surface area contributed by atoms with E-state index in [4.69, 9.17) is 0 Å². The summed E-state index contributed by atoms with van der Waals surface area (Å²) in [6.45, 7) is 5.14. The van der Waals surface area contributed by atoms with E-state index in [0.29, 0.717) is 0 Å². The van der Waals surface area contributed by atoms with Crippen molar-refractivity contribution in [2.24, 2.45) is 0 Å². The zero-order valence-electron chi connectivity index (χ0n) is 5.27. The van der Waals surface area contributed by atoms with Crippen LogP contribution >= 0.6 is 0 Å². The van der Waals surface area contributed by atoms with Crippen molar-refractivity contribution < 1.29 is 4.79 Å². The largest absolute Gasteiger partial charge is 0.310 e. The van der Waals surface area contributed by atoms with Gasteiger partial charge in [-0.25, -0.2) is 0 Å². The number of carbonyl (C=O) groups is 1. The Morgan fingerprint density at radius 2 is 2.38 bits per heavy atom. The minimum atomic E-state index is -0.0903. The Labute approximate surface area is 49.6 Å². The van der Waals surface area contributed by atoms with E-state index in [9.17, 15) is 4.79 Å². The number of rotatable bonds is 3. The van der Waals surface area contributed by atoms with Gasteiger partial charge in [0.2, 0.25) is 0 Å². The molecule has 0 aliphatic rings. The first-order valence-corrected chi connectivity index (χ1v) is 2.56. The van der Waals surface area contributed by atoms with Crippen molar-refractivity contribution in [3.05, 3.63) is 12.7 Å². The van der Waals surface area contributed by atoms with Crippen molar-refractivity contribution in [2.45, 2.75) is 13.0 Å². The van der Waals surface area contributed by atoms with E-state index >= 15 is 0 Å². The Morgan fingerprint density at radius 1 is 1.88 bits per heavy atom. The highest BCUT2D eigenvalue weighted by Gasteiger charge is 2.02. The normalized spacial score (nSPS) is 12.8. The lowest BCUT2D eigenvalue weighted by molar-refractivity contribution is -0.116. The maximum Gasteiger partial charge on any atom is 0.171 e. The highest BCUT2D eigenvalue weighted by Crippen LogP contribution is 1.81. The van der Waals surface area contributed by atoms with Gasteiger partial charge < -0.3 is 5.32 Å². The molecule has 2 heteroatoms. The lowest BCUT2D eigenvalue weighted by Crippen LogP contribution is -2.28. The fourth-order valence-electron chi connectivity index (χ4n) is 0.319. The van der Waals surface area contributed by atoms with E-state index in [1.165, 1.54) is 6.08 Å². The Kier molecular flexibility index (Phi) is 3.12. The summed E-state index contributed by atoms with van der Waals surface area (Å²) in [4.78, 5) is 10.6. The highest BCUT2D eigenvalue weighted by atomic mass is 16.1. The van der Waals surface area contributed by atoms with Gasteiger partial charge in [-0.05, 0) is 20.0 Å². The van der Waals surface area contributed by atoms with Crippen LogP contribution in [0.3, 0.4) is 0 Å². The summed E-state index contributed by atoms with van der Waals surface area (Å²) >= 11 is 0. The molecule has 0 saturated carbocycles. The van der Waals surface area contributed by atoms with E-state index in [1.54, 1.807) is 14.0 Å². The molecule has 0 heterocycles. The summed E-state index contributed by atoms with van der Waals surface area (Å²) in [5, 5.41) is 2.79. The molecule has 0 radical (unpaired) electrons. The second-order valence-electron chi connectivity index (χ2n) is 1.62. The first-order valence-electron chi connectivity index (χ1n) is 2.56. The Balaban J connectivity index is 3.62. The molecule has 0 saturated heterocycles. The number of likely N-dealkylation sites (N-methyl/N-ethyl adjacent to an activating group) is 1. The average molecular weight is 113 g/mol. The van der Waals surface area contributed by atoms with Crippen LogP contribution in [0.4, 0.5) is 0 Å². The Morgan fingerprint density at radius 3 is 2.50 bits per heavy atom. The quantitative estimate of drug-likeness (QED) is 0.535. The van der Waals surface area contributed by atoms with Gasteiger partial charge in [0, 0.05) is 0 Å². The summed E-state index contributed by atoms with van der Waals surface area (Å²) in [6.07, 6.45) is 1.32. The van der Waals surface area contributed by atoms with Gasteiger partial charge in [0.05, 0.1) is 6.04 Å². The summed E-state index contributed by atoms with van der Waals surface area (Å²) in [5.41, 5.74) is 0. The predicted molar refractivity (Wildman–Crippen MR) is 33.7 cm³/mol. The summed E-state index contributed by atoms with van der Waals surface area (Å²) in [5.74, 6) is 0.0347. The van der Waals surface area contributed by atoms with Gasteiger partial charge in [0.1, 0.15) is 0 Å². The highest BCUT2D eigenvalue weighted by molar-refractivity contribution is 5.93. The van der Waals surface area contributed by atoms with Crippen LogP contribution in [0.2, 0.25) is 0 Å². The number of nitrogens with one attached hydrogen (secondary N) is 1. The van der Waals surface area contributed by atoms with Gasteiger partial charge >= 0.3 is 0 Å². The van der Waals surface area contributed by atoms with Crippen molar-refractivity contribution in [3.8, 4) is 0 Å². The summed E-state index contributed by atoms with van der Waals surface area (Å²) < 4.78 is 0. The topological polar surface area (TPSA) is 29.1 Å². The van der Waals surface area contributed by atoms with Crippen LogP contribution in [0.25, 0.3) is 0 Å². The lowest BCUT2D eigenvalue weighted by atomic mass is 10.2. The van der Waals surface area contributed by atoms with Gasteiger partial charge in [-0.1, -0.05) is 6.58 Å². The molecule has 0 bridgehead atoms. The van der Waals surface area contributed by atoms with Crippen LogP contribution < -0.4 is 5.32 Å². The molecular weight excluding hydrogens is 102 g/mol. The molecule has 0 aliphatic carbocycles. The van der Waals surface area contributed by atoms with Crippen molar-refractivity contribution >= 4 is 5.78 Å². The van der Waals surface area contributed by atoms with Gasteiger partial charge in [-0.3, -0.25) is 4.79 Å². The first kappa shape index (κ1) is 7.37. The fraction of sp³-hybridized carbons (Fsp3) is 0.500. The standard InChI is InChI=1S/C6H11NO/c1-4-6(8)5(2)7-3/h4-5,7H,1H2,2-3H3. The lowest BCUT2D eigenvalue weighted by Gasteiger charge is -2.02. The smallest absolute Gasteiger partial charge is 0.171 e. The van der Waals surface area contributed by atoms with E-state index in [0.717, 1.165) is 0 Å². The third kappa shape index (κ3) is 1.89. The molecule has 0 aromatic rings. The molecule has 0 aromatic carbocycles. The number of carbonyl (C=O) groups excluding carboxylic acids is 1. The van der Waals surface area contributed by atoms with Crippen LogP contribution in [-0.2, 0) is 4.79 Å². The maximum absolute atomic E-state index is 10.6. The zero-order valence-corrected chi connectivity index (χ0v) is 5.27. The van der Waals surface area contributed by atoms with Crippen LogP contribution in [0.15, 0.2) is 12.7 Å². The molecule has 1 atom stereocenters. The number of hydrogen-bond donors (Lipinski definition) is 1. The summed E-state index contributed by atoms with van der Waals surface area (Å²) in [7, 11) is 1.74. The van der Waals surface area contributed by atoms with Crippen LogP contribution in [0, 0.1) is 0 Å². The fourth-order valence-corrected chi connectivity index (χ4v) is 0.319. The van der Waals surface area contributed by atoms with E-state index in [-0.39, 0.29) is 11.8 Å². The molecule has 1 N–H and O–H groups in total. The number of ketones is 1. The number of hydrogen-bond acceptors (Lipinski definition) is 2. The Bertz CT molecular complexity index is 98.7. The maximum atomic E-state index is 10.6. The molecule has 2 nitrogen and oxygen atoms in total. The van der Waals surface area contributed by atoms with Crippen LogP contribution in [0.5, 0.6) is 0 Å². The third-order valence-corrected chi connectivity index (χ3v) is 1.06. The first-order chi connectivity index (χ1) is 3.72.